The van der Waals surface area contributed by atoms with Crippen LogP contribution in [0.3, 0.4) is 0 Å². The van der Waals surface area contributed by atoms with Crippen molar-refractivity contribution in [2.45, 2.75) is 37.4 Å². The number of aliphatic hydroxyl groups excluding tert-OH is 1. The Morgan fingerprint density at radius 2 is 2.00 bits per heavy atom. The molecule has 29 heavy (non-hydrogen) atoms. The van der Waals surface area contributed by atoms with Crippen LogP contribution >= 0.6 is 11.6 Å². The van der Waals surface area contributed by atoms with E-state index in [0.29, 0.717) is 23.6 Å². The topological polar surface area (TPSA) is 74.2 Å². The fraction of sp³-hybridized carbons (Fsp3) is 0.409. The van der Waals surface area contributed by atoms with E-state index < -0.39 is 23.5 Å². The lowest BCUT2D eigenvalue weighted by Crippen LogP contribution is -2.53. The van der Waals surface area contributed by atoms with Crippen molar-refractivity contribution in [3.8, 4) is 5.75 Å². The third kappa shape index (κ3) is 3.56. The van der Waals surface area contributed by atoms with E-state index in [1.807, 2.05) is 31.2 Å². The van der Waals surface area contributed by atoms with Crippen LogP contribution in [-0.2, 0) is 31.2 Å². The first kappa shape index (κ1) is 20.3. The van der Waals surface area contributed by atoms with Gasteiger partial charge in [-0.05, 0) is 48.7 Å². The average Bonchev–Trinajstić information content (AvgIpc) is 3.07. The van der Waals surface area contributed by atoms with Gasteiger partial charge in [0.15, 0.2) is 5.79 Å². The second-order valence-electron chi connectivity index (χ2n) is 7.27. The van der Waals surface area contributed by atoms with Gasteiger partial charge in [0.05, 0.1) is 6.61 Å². The normalized spacial score (nSPS) is 28.6. The zero-order valence-corrected chi connectivity index (χ0v) is 17.1. The number of methoxy groups -OCH3 is 1. The summed E-state index contributed by atoms with van der Waals surface area (Å²) in [5, 5.41) is 10.9. The molecule has 1 N–H and O–H groups in total. The van der Waals surface area contributed by atoms with Gasteiger partial charge >= 0.3 is 0 Å². The predicted molar refractivity (Wildman–Crippen MR) is 106 cm³/mol. The summed E-state index contributed by atoms with van der Waals surface area (Å²) >= 11 is 6.42. The number of hydrogen-bond acceptors (Lipinski definition) is 6. The van der Waals surface area contributed by atoms with Gasteiger partial charge in [-0.3, -0.25) is 4.79 Å². The van der Waals surface area contributed by atoms with Gasteiger partial charge in [0.1, 0.15) is 18.5 Å². The van der Waals surface area contributed by atoms with E-state index in [1.165, 1.54) is 7.11 Å². The van der Waals surface area contributed by atoms with Crippen molar-refractivity contribution < 1.29 is 28.8 Å². The first-order chi connectivity index (χ1) is 13.9. The minimum atomic E-state index is -1.69. The number of hydrogen-bond donors (Lipinski definition) is 1. The molecule has 0 aliphatic carbocycles. The zero-order valence-electron chi connectivity index (χ0n) is 16.3. The molecule has 7 heteroatoms. The Morgan fingerprint density at radius 1 is 1.24 bits per heavy atom. The van der Waals surface area contributed by atoms with Crippen LogP contribution in [-0.4, -0.2) is 43.1 Å². The molecule has 2 aromatic carbocycles. The first-order valence-corrected chi connectivity index (χ1v) is 9.91. The second kappa shape index (κ2) is 7.70. The number of fused-ring (bicyclic) bond motifs is 2. The standard InChI is InChI=1S/C22H23ClO6/c1-3-27-17-7-4-14(5-8-17)10-15-11-16(6-9-18(15)23)22-20(25)19(24)12-21(26-2,29-22)13-28-22/h4-9,11,19,24H,3,10,12-13H2,1-2H3/t19-,21+,22-/m0/s1. The molecular formula is C22H23ClO6. The van der Waals surface area contributed by atoms with Gasteiger partial charge in [0.2, 0.25) is 5.78 Å². The van der Waals surface area contributed by atoms with E-state index >= 15 is 0 Å². The Kier molecular flexibility index (Phi) is 5.40. The van der Waals surface area contributed by atoms with E-state index in [2.05, 4.69) is 0 Å². The van der Waals surface area contributed by atoms with Gasteiger partial charge in [0.25, 0.3) is 5.79 Å². The fourth-order valence-electron chi connectivity index (χ4n) is 3.83. The molecule has 2 fully saturated rings. The van der Waals surface area contributed by atoms with Crippen molar-refractivity contribution in [2.24, 2.45) is 0 Å². The van der Waals surface area contributed by atoms with E-state index in [4.69, 9.17) is 30.5 Å². The molecule has 0 aromatic heterocycles. The average molecular weight is 419 g/mol. The van der Waals surface area contributed by atoms with Crippen LogP contribution in [0.2, 0.25) is 5.02 Å². The van der Waals surface area contributed by atoms with Gasteiger partial charge < -0.3 is 24.1 Å². The maximum Gasteiger partial charge on any atom is 0.261 e. The number of halogens is 1. The molecule has 2 aliphatic rings. The molecule has 2 bridgehead atoms. The van der Waals surface area contributed by atoms with E-state index in [0.717, 1.165) is 16.9 Å². The minimum absolute atomic E-state index is 0.0384. The molecule has 2 aromatic rings. The van der Waals surface area contributed by atoms with Crippen LogP contribution in [0.25, 0.3) is 0 Å². The minimum Gasteiger partial charge on any atom is -0.494 e. The Hall–Kier alpha value is -1.96. The summed E-state index contributed by atoms with van der Waals surface area (Å²) in [6.45, 7) is 2.61. The lowest BCUT2D eigenvalue weighted by molar-refractivity contribution is -0.282. The summed E-state index contributed by atoms with van der Waals surface area (Å²) in [5.74, 6) is -2.55. The Labute approximate surface area is 174 Å². The van der Waals surface area contributed by atoms with Gasteiger partial charge in [0, 0.05) is 24.1 Å². The number of carbonyl (C=O) groups excluding carboxylic acids is 1. The van der Waals surface area contributed by atoms with Gasteiger partial charge in [-0.25, -0.2) is 0 Å². The smallest absolute Gasteiger partial charge is 0.261 e. The monoisotopic (exact) mass is 418 g/mol. The van der Waals surface area contributed by atoms with Crippen LogP contribution in [0.15, 0.2) is 42.5 Å². The highest BCUT2D eigenvalue weighted by Crippen LogP contribution is 2.48. The quantitative estimate of drug-likeness (QED) is 0.776. The molecule has 0 radical (unpaired) electrons. The van der Waals surface area contributed by atoms with Gasteiger partial charge in [-0.1, -0.05) is 29.8 Å². The summed E-state index contributed by atoms with van der Waals surface area (Å²) in [7, 11) is 1.47. The molecule has 6 nitrogen and oxygen atoms in total. The van der Waals surface area contributed by atoms with E-state index in [1.54, 1.807) is 18.2 Å². The van der Waals surface area contributed by atoms with Crippen LogP contribution in [0.1, 0.15) is 30.0 Å². The van der Waals surface area contributed by atoms with Crippen LogP contribution in [0.4, 0.5) is 0 Å². The van der Waals surface area contributed by atoms with Crippen molar-refractivity contribution in [1.82, 2.24) is 0 Å². The number of aliphatic hydroxyl groups is 1. The molecule has 0 spiro atoms. The number of rotatable bonds is 6. The summed E-state index contributed by atoms with van der Waals surface area (Å²) in [6.07, 6.45) is -0.630. The zero-order chi connectivity index (χ0) is 20.6. The Bertz CT molecular complexity index is 914. The Morgan fingerprint density at radius 3 is 2.69 bits per heavy atom. The maximum atomic E-state index is 12.8. The molecule has 4 rings (SSSR count). The molecule has 0 unspecified atom stereocenters. The molecular weight excluding hydrogens is 396 g/mol. The molecule has 2 heterocycles. The van der Waals surface area contributed by atoms with Crippen molar-refractivity contribution in [3.63, 3.8) is 0 Å². The van der Waals surface area contributed by atoms with Crippen LogP contribution < -0.4 is 4.74 Å². The maximum absolute atomic E-state index is 12.8. The van der Waals surface area contributed by atoms with Crippen molar-refractivity contribution in [3.05, 3.63) is 64.2 Å². The lowest BCUT2D eigenvalue weighted by atomic mass is 9.90. The number of ether oxygens (including phenoxy) is 4. The SMILES string of the molecule is CCOc1ccc(Cc2cc([C@@]34OC[C@@](OC)(C[C@H](O)C3=O)O4)ccc2Cl)cc1. The molecule has 3 atom stereocenters. The van der Waals surface area contributed by atoms with Crippen LogP contribution in [0.5, 0.6) is 5.75 Å². The highest BCUT2D eigenvalue weighted by Gasteiger charge is 2.63. The number of carbonyl (C=O) groups is 1. The van der Waals surface area contributed by atoms with Crippen LogP contribution in [0, 0.1) is 0 Å². The van der Waals surface area contributed by atoms with Crippen molar-refractivity contribution >= 4 is 17.4 Å². The molecule has 2 aliphatic heterocycles. The van der Waals surface area contributed by atoms with E-state index in [-0.39, 0.29) is 13.0 Å². The third-order valence-corrected chi connectivity index (χ3v) is 5.75. The van der Waals surface area contributed by atoms with Gasteiger partial charge in [-0.15, -0.1) is 0 Å². The summed E-state index contributed by atoms with van der Waals surface area (Å²) in [5.41, 5.74) is 2.35. The van der Waals surface area contributed by atoms with Gasteiger partial charge in [-0.2, -0.15) is 0 Å². The number of ketones is 1. The van der Waals surface area contributed by atoms with Crippen molar-refractivity contribution in [2.75, 3.05) is 20.3 Å². The van der Waals surface area contributed by atoms with E-state index in [9.17, 15) is 9.90 Å². The van der Waals surface area contributed by atoms with Crippen molar-refractivity contribution in [1.29, 1.82) is 0 Å². The fourth-order valence-corrected chi connectivity index (χ4v) is 4.02. The predicted octanol–water partition coefficient (Wildman–Crippen LogP) is 3.21. The largest absolute Gasteiger partial charge is 0.494 e. The highest BCUT2D eigenvalue weighted by molar-refractivity contribution is 6.31. The second-order valence-corrected chi connectivity index (χ2v) is 7.67. The highest BCUT2D eigenvalue weighted by atomic mass is 35.5. The lowest BCUT2D eigenvalue weighted by Gasteiger charge is -2.38. The summed E-state index contributed by atoms with van der Waals surface area (Å²) < 4.78 is 22.7. The number of Topliss-reactive ketones (excluding diaryl/α,β-unsaturated/α-hetero) is 1. The first-order valence-electron chi connectivity index (χ1n) is 9.54. The Balaban J connectivity index is 1.65. The molecule has 0 amide bonds. The summed E-state index contributed by atoms with van der Waals surface area (Å²) in [6, 6.07) is 13.0. The molecule has 154 valence electrons. The molecule has 0 saturated carbocycles. The third-order valence-electron chi connectivity index (χ3n) is 5.38. The number of benzene rings is 2. The summed E-state index contributed by atoms with van der Waals surface area (Å²) in [4.78, 5) is 12.8. The molecule has 2 saturated heterocycles.